The predicted octanol–water partition coefficient (Wildman–Crippen LogP) is 2.12. The zero-order valence-electron chi connectivity index (χ0n) is 16.7. The molecule has 9 nitrogen and oxygen atoms in total. The average molecular weight is 420 g/mol. The summed E-state index contributed by atoms with van der Waals surface area (Å²) >= 11 is 0. The van der Waals surface area contributed by atoms with Crippen molar-refractivity contribution in [3.8, 4) is 0 Å². The van der Waals surface area contributed by atoms with Gasteiger partial charge in [-0.2, -0.15) is 4.31 Å². The minimum atomic E-state index is -3.78. The number of pyridine rings is 1. The summed E-state index contributed by atoms with van der Waals surface area (Å²) in [5, 5.41) is 11.7. The van der Waals surface area contributed by atoms with Gasteiger partial charge in [-0.3, -0.25) is 15.1 Å². The number of nitro groups is 1. The molecule has 1 aliphatic rings. The molecule has 0 bridgehead atoms. The average Bonchev–Trinajstić information content (AvgIpc) is 2.73. The zero-order chi connectivity index (χ0) is 21.2. The molecule has 1 aromatic carbocycles. The van der Waals surface area contributed by atoms with E-state index in [9.17, 15) is 18.5 Å². The molecular weight excluding hydrogens is 394 g/mol. The lowest BCUT2D eigenvalue weighted by atomic mass is 10.1. The monoisotopic (exact) mass is 419 g/mol. The first kappa shape index (κ1) is 21.2. The number of sulfonamides is 1. The maximum Gasteiger partial charge on any atom is 0.293 e. The Morgan fingerprint density at radius 2 is 1.86 bits per heavy atom. The molecule has 10 heteroatoms. The SMILES string of the molecule is CC(c1ccccn1)N(C)c1ccc(S(=O)(=O)N2CCN(C)CC2)cc1[N+](=O)[O-]. The van der Waals surface area contributed by atoms with Crippen LogP contribution in [0.15, 0.2) is 47.5 Å². The van der Waals surface area contributed by atoms with E-state index in [4.69, 9.17) is 0 Å². The fourth-order valence-corrected chi connectivity index (χ4v) is 4.76. The number of hydrogen-bond donors (Lipinski definition) is 0. The zero-order valence-corrected chi connectivity index (χ0v) is 17.5. The highest BCUT2D eigenvalue weighted by Crippen LogP contribution is 2.35. The van der Waals surface area contributed by atoms with Crippen LogP contribution in [0.2, 0.25) is 0 Å². The van der Waals surface area contributed by atoms with Crippen LogP contribution in [0.4, 0.5) is 11.4 Å². The molecule has 2 heterocycles. The normalized spacial score (nSPS) is 17.1. The van der Waals surface area contributed by atoms with Crippen molar-refractivity contribution in [3.63, 3.8) is 0 Å². The Kier molecular flexibility index (Phi) is 6.15. The Hall–Kier alpha value is -2.56. The van der Waals surface area contributed by atoms with E-state index in [0.29, 0.717) is 31.9 Å². The first-order chi connectivity index (χ1) is 13.7. The fourth-order valence-electron chi connectivity index (χ4n) is 3.32. The third kappa shape index (κ3) is 4.39. The molecule has 1 aromatic heterocycles. The van der Waals surface area contributed by atoms with E-state index >= 15 is 0 Å². The van der Waals surface area contributed by atoms with E-state index in [0.717, 1.165) is 11.8 Å². The number of nitro benzene ring substituents is 1. The second-order valence-corrected chi connectivity index (χ2v) is 9.09. The van der Waals surface area contributed by atoms with Gasteiger partial charge in [-0.1, -0.05) is 6.07 Å². The maximum atomic E-state index is 13.0. The van der Waals surface area contributed by atoms with Crippen molar-refractivity contribution in [1.82, 2.24) is 14.2 Å². The van der Waals surface area contributed by atoms with E-state index in [2.05, 4.69) is 4.98 Å². The first-order valence-electron chi connectivity index (χ1n) is 9.32. The molecule has 1 aliphatic heterocycles. The van der Waals surface area contributed by atoms with Crippen molar-refractivity contribution < 1.29 is 13.3 Å². The number of aromatic nitrogens is 1. The molecule has 0 aliphatic carbocycles. The molecule has 156 valence electrons. The summed E-state index contributed by atoms with van der Waals surface area (Å²) in [5.74, 6) is 0. The third-order valence-electron chi connectivity index (χ3n) is 5.32. The second-order valence-electron chi connectivity index (χ2n) is 7.16. The van der Waals surface area contributed by atoms with E-state index < -0.39 is 14.9 Å². The molecule has 1 atom stereocenters. The topological polar surface area (TPSA) is 99.9 Å². The summed E-state index contributed by atoms with van der Waals surface area (Å²) < 4.78 is 27.3. The quantitative estimate of drug-likeness (QED) is 0.522. The van der Waals surface area contributed by atoms with Gasteiger partial charge in [0.05, 0.1) is 21.6 Å². The van der Waals surface area contributed by atoms with Gasteiger partial charge in [-0.25, -0.2) is 8.42 Å². The maximum absolute atomic E-state index is 13.0. The molecule has 3 rings (SSSR count). The number of nitrogens with zero attached hydrogens (tertiary/aromatic N) is 5. The largest absolute Gasteiger partial charge is 0.361 e. The van der Waals surface area contributed by atoms with Crippen LogP contribution in [0.5, 0.6) is 0 Å². The van der Waals surface area contributed by atoms with Crippen LogP contribution in [-0.2, 0) is 10.0 Å². The Balaban J connectivity index is 1.94. The summed E-state index contributed by atoms with van der Waals surface area (Å²) in [6.45, 7) is 3.88. The minimum Gasteiger partial charge on any atom is -0.361 e. The van der Waals surface area contributed by atoms with Crippen LogP contribution in [0.3, 0.4) is 0 Å². The lowest BCUT2D eigenvalue weighted by Crippen LogP contribution is -2.47. The molecule has 2 aromatic rings. The van der Waals surface area contributed by atoms with Crippen LogP contribution in [0.25, 0.3) is 0 Å². The molecule has 0 N–H and O–H groups in total. The fraction of sp³-hybridized carbons (Fsp3) is 0.421. The summed E-state index contributed by atoms with van der Waals surface area (Å²) in [4.78, 5) is 19.2. The van der Waals surface area contributed by atoms with Gasteiger partial charge in [0.2, 0.25) is 10.0 Å². The number of anilines is 1. The summed E-state index contributed by atoms with van der Waals surface area (Å²) in [6.07, 6.45) is 1.67. The van der Waals surface area contributed by atoms with Crippen LogP contribution in [0.1, 0.15) is 18.7 Å². The minimum absolute atomic E-state index is 0.0589. The van der Waals surface area contributed by atoms with E-state index in [1.54, 1.807) is 24.2 Å². The van der Waals surface area contributed by atoms with Crippen molar-refractivity contribution in [2.75, 3.05) is 45.2 Å². The molecule has 0 saturated carbocycles. The Morgan fingerprint density at radius 1 is 1.17 bits per heavy atom. The van der Waals surface area contributed by atoms with Crippen molar-refractivity contribution in [3.05, 3.63) is 58.4 Å². The van der Waals surface area contributed by atoms with Gasteiger partial charge in [0.25, 0.3) is 5.69 Å². The van der Waals surface area contributed by atoms with Gasteiger partial charge in [0.1, 0.15) is 5.69 Å². The number of benzene rings is 1. The molecule has 0 radical (unpaired) electrons. The molecule has 0 amide bonds. The molecule has 0 spiro atoms. The highest BCUT2D eigenvalue weighted by atomic mass is 32.2. The highest BCUT2D eigenvalue weighted by Gasteiger charge is 2.31. The smallest absolute Gasteiger partial charge is 0.293 e. The highest BCUT2D eigenvalue weighted by molar-refractivity contribution is 7.89. The molecule has 1 fully saturated rings. The van der Waals surface area contributed by atoms with Crippen molar-refractivity contribution in [2.45, 2.75) is 17.9 Å². The van der Waals surface area contributed by atoms with Crippen LogP contribution in [0, 0.1) is 10.1 Å². The third-order valence-corrected chi connectivity index (χ3v) is 7.21. The van der Waals surface area contributed by atoms with E-state index in [1.165, 1.54) is 16.4 Å². The number of rotatable bonds is 6. The molecular formula is C19H25N5O4S. The van der Waals surface area contributed by atoms with Crippen LogP contribution in [-0.4, -0.2) is 67.8 Å². The van der Waals surface area contributed by atoms with Crippen LogP contribution >= 0.6 is 0 Å². The Morgan fingerprint density at radius 3 is 2.45 bits per heavy atom. The van der Waals surface area contributed by atoms with Gasteiger partial charge in [0, 0.05) is 45.5 Å². The molecule has 1 unspecified atom stereocenters. The van der Waals surface area contributed by atoms with Gasteiger partial charge in [-0.15, -0.1) is 0 Å². The summed E-state index contributed by atoms with van der Waals surface area (Å²) in [7, 11) is -0.120. The van der Waals surface area contributed by atoms with Crippen molar-refractivity contribution >= 4 is 21.4 Å². The first-order valence-corrected chi connectivity index (χ1v) is 10.8. The van der Waals surface area contributed by atoms with E-state index in [1.807, 2.05) is 31.0 Å². The number of piperazine rings is 1. The van der Waals surface area contributed by atoms with Crippen LogP contribution < -0.4 is 4.90 Å². The lowest BCUT2D eigenvalue weighted by molar-refractivity contribution is -0.384. The van der Waals surface area contributed by atoms with E-state index in [-0.39, 0.29) is 16.6 Å². The standard InChI is InChI=1S/C19H25N5O4S/c1-15(17-6-4-5-9-20-17)22(3)18-8-7-16(14-19(18)24(25)26)29(27,28)23-12-10-21(2)11-13-23/h4-9,14-15H,10-13H2,1-3H3. The summed E-state index contributed by atoms with van der Waals surface area (Å²) in [5.41, 5.74) is 0.856. The Bertz CT molecular complexity index is 975. The molecule has 1 saturated heterocycles. The van der Waals surface area contributed by atoms with Crippen molar-refractivity contribution in [1.29, 1.82) is 0 Å². The van der Waals surface area contributed by atoms with Gasteiger partial charge < -0.3 is 9.80 Å². The molecule has 29 heavy (non-hydrogen) atoms. The van der Waals surface area contributed by atoms with Gasteiger partial charge in [-0.05, 0) is 38.2 Å². The van der Waals surface area contributed by atoms with Gasteiger partial charge >= 0.3 is 0 Å². The number of likely N-dealkylation sites (N-methyl/N-ethyl adjacent to an activating group) is 1. The van der Waals surface area contributed by atoms with Crippen molar-refractivity contribution in [2.24, 2.45) is 0 Å². The summed E-state index contributed by atoms with van der Waals surface area (Å²) in [6, 6.07) is 9.38. The predicted molar refractivity (Wildman–Crippen MR) is 110 cm³/mol. The Labute approximate surface area is 170 Å². The second kappa shape index (κ2) is 8.44. The number of hydrogen-bond acceptors (Lipinski definition) is 7. The van der Waals surface area contributed by atoms with Gasteiger partial charge in [0.15, 0.2) is 0 Å². The lowest BCUT2D eigenvalue weighted by Gasteiger charge is -2.31.